The average molecular weight is 601 g/mol. The van der Waals surface area contributed by atoms with Crippen molar-refractivity contribution < 1.29 is 18.7 Å². The minimum atomic E-state index is -0.907. The Kier molecular flexibility index (Phi) is 8.96. The zero-order valence-electron chi connectivity index (χ0n) is 23.6. The largest absolute Gasteiger partial charge is 0.459 e. The number of carbonyl (C=O) groups excluding carboxylic acids is 2. The highest BCUT2D eigenvalue weighted by Gasteiger charge is 2.34. The van der Waals surface area contributed by atoms with Crippen molar-refractivity contribution in [3.8, 4) is 6.01 Å². The number of hydrazone groups is 1. The summed E-state index contributed by atoms with van der Waals surface area (Å²) < 4.78 is 19.7. The normalized spacial score (nSPS) is 15.2. The molecule has 0 fully saturated rings. The zero-order chi connectivity index (χ0) is 30.5. The highest BCUT2D eigenvalue weighted by atomic mass is 35.5. The van der Waals surface area contributed by atoms with Crippen molar-refractivity contribution >= 4 is 34.9 Å². The predicted molar refractivity (Wildman–Crippen MR) is 163 cm³/mol. The molecular weight excluding hydrogens is 571 g/mol. The molecule has 9 nitrogen and oxygen atoms in total. The van der Waals surface area contributed by atoms with Gasteiger partial charge in [0.05, 0.1) is 12.3 Å². The van der Waals surface area contributed by atoms with Crippen molar-refractivity contribution in [1.29, 1.82) is 0 Å². The lowest BCUT2D eigenvalue weighted by molar-refractivity contribution is -0.120. The van der Waals surface area contributed by atoms with E-state index in [1.165, 1.54) is 18.3 Å². The number of benzene rings is 3. The van der Waals surface area contributed by atoms with Gasteiger partial charge in [0.1, 0.15) is 24.0 Å². The van der Waals surface area contributed by atoms with Crippen molar-refractivity contribution in [3.63, 3.8) is 0 Å². The maximum atomic E-state index is 13.8. The number of anilines is 1. The smallest absolute Gasteiger partial charge is 0.318 e. The van der Waals surface area contributed by atoms with Gasteiger partial charge in [-0.3, -0.25) is 9.59 Å². The van der Waals surface area contributed by atoms with Crippen molar-refractivity contribution in [2.24, 2.45) is 16.8 Å². The SMILES string of the molecule is CC(C)[C@H](NC(=O)c1cnc(OCc2ccc(Cl)cc2)nc1N1CC(c2ccccc2)C(c2ccc(F)cc2)=N1)C(N)=O. The number of aromatic nitrogens is 2. The summed E-state index contributed by atoms with van der Waals surface area (Å²) in [6, 6.07) is 22.1. The fraction of sp³-hybridized carbons (Fsp3) is 0.219. The maximum absolute atomic E-state index is 13.8. The topological polar surface area (TPSA) is 123 Å². The summed E-state index contributed by atoms with van der Waals surface area (Å²) in [6.07, 6.45) is 1.34. The molecule has 1 aliphatic heterocycles. The van der Waals surface area contributed by atoms with E-state index in [0.29, 0.717) is 17.3 Å². The summed E-state index contributed by atoms with van der Waals surface area (Å²) in [7, 11) is 0. The van der Waals surface area contributed by atoms with Crippen LogP contribution in [0.2, 0.25) is 5.02 Å². The van der Waals surface area contributed by atoms with Gasteiger partial charge in [-0.25, -0.2) is 14.4 Å². The lowest BCUT2D eigenvalue weighted by Gasteiger charge is -2.22. The molecule has 1 aliphatic rings. The molecule has 3 N–H and O–H groups in total. The van der Waals surface area contributed by atoms with E-state index in [1.807, 2.05) is 42.5 Å². The Morgan fingerprint density at radius 2 is 1.77 bits per heavy atom. The number of nitrogens with two attached hydrogens (primary N) is 1. The van der Waals surface area contributed by atoms with Gasteiger partial charge in [0.15, 0.2) is 5.82 Å². The third kappa shape index (κ3) is 6.98. The number of rotatable bonds is 10. The van der Waals surface area contributed by atoms with E-state index in [4.69, 9.17) is 27.2 Å². The zero-order valence-corrected chi connectivity index (χ0v) is 24.3. The molecule has 11 heteroatoms. The monoisotopic (exact) mass is 600 g/mol. The third-order valence-corrected chi connectivity index (χ3v) is 7.28. The highest BCUT2D eigenvalue weighted by Crippen LogP contribution is 2.33. The van der Waals surface area contributed by atoms with Crippen molar-refractivity contribution in [2.45, 2.75) is 32.4 Å². The second-order valence-electron chi connectivity index (χ2n) is 10.4. The van der Waals surface area contributed by atoms with E-state index < -0.39 is 17.9 Å². The molecule has 43 heavy (non-hydrogen) atoms. The van der Waals surface area contributed by atoms with Crippen LogP contribution in [-0.2, 0) is 11.4 Å². The van der Waals surface area contributed by atoms with Crippen LogP contribution in [-0.4, -0.2) is 40.1 Å². The molecule has 0 aliphatic carbocycles. The molecule has 0 radical (unpaired) electrons. The highest BCUT2D eigenvalue weighted by molar-refractivity contribution is 6.30. The molecule has 4 aromatic rings. The molecule has 220 valence electrons. The summed E-state index contributed by atoms with van der Waals surface area (Å²) in [5.41, 5.74) is 8.88. The molecule has 2 amide bonds. The Morgan fingerprint density at radius 1 is 1.07 bits per heavy atom. The number of carbonyl (C=O) groups is 2. The minimum absolute atomic E-state index is 0.0264. The summed E-state index contributed by atoms with van der Waals surface area (Å²) in [6.45, 7) is 4.06. The van der Waals surface area contributed by atoms with Gasteiger partial charge in [-0.1, -0.05) is 80.0 Å². The lowest BCUT2D eigenvalue weighted by atomic mass is 9.90. The number of nitrogens with zero attached hydrogens (tertiary/aromatic N) is 4. The van der Waals surface area contributed by atoms with Gasteiger partial charge in [0.25, 0.3) is 5.91 Å². The van der Waals surface area contributed by atoms with Crippen LogP contribution in [0, 0.1) is 11.7 Å². The first-order chi connectivity index (χ1) is 20.7. The quantitative estimate of drug-likeness (QED) is 0.261. The first-order valence-electron chi connectivity index (χ1n) is 13.7. The molecule has 0 spiro atoms. The van der Waals surface area contributed by atoms with Crippen LogP contribution < -0.4 is 20.8 Å². The Bertz CT molecular complexity index is 1630. The molecular formula is C32H30ClFN6O3. The van der Waals surface area contributed by atoms with E-state index in [1.54, 1.807) is 43.1 Å². The summed E-state index contributed by atoms with van der Waals surface area (Å²) in [5.74, 6) is -1.88. The number of hydrogen-bond donors (Lipinski definition) is 2. The van der Waals surface area contributed by atoms with Gasteiger partial charge >= 0.3 is 6.01 Å². The molecule has 0 bridgehead atoms. The van der Waals surface area contributed by atoms with Gasteiger partial charge < -0.3 is 15.8 Å². The van der Waals surface area contributed by atoms with Crippen LogP contribution in [0.3, 0.4) is 0 Å². The number of ether oxygens (including phenoxy) is 1. The second kappa shape index (κ2) is 13.0. The van der Waals surface area contributed by atoms with Gasteiger partial charge in [0, 0.05) is 17.1 Å². The van der Waals surface area contributed by atoms with Gasteiger partial charge in [-0.15, -0.1) is 0 Å². The van der Waals surface area contributed by atoms with Crippen LogP contribution in [0.4, 0.5) is 10.2 Å². The number of primary amides is 1. The molecule has 0 saturated heterocycles. The summed E-state index contributed by atoms with van der Waals surface area (Å²) >= 11 is 6.00. The van der Waals surface area contributed by atoms with Crippen LogP contribution in [0.15, 0.2) is 90.2 Å². The molecule has 1 unspecified atom stereocenters. The second-order valence-corrected chi connectivity index (χ2v) is 10.9. The number of amides is 2. The minimum Gasteiger partial charge on any atom is -0.459 e. The molecule has 1 aromatic heterocycles. The predicted octanol–water partition coefficient (Wildman–Crippen LogP) is 5.10. The van der Waals surface area contributed by atoms with Gasteiger partial charge in [-0.2, -0.15) is 10.1 Å². The summed E-state index contributed by atoms with van der Waals surface area (Å²) in [5, 5.41) is 9.79. The fourth-order valence-electron chi connectivity index (χ4n) is 4.76. The lowest BCUT2D eigenvalue weighted by Crippen LogP contribution is -2.48. The third-order valence-electron chi connectivity index (χ3n) is 7.03. The Hall–Kier alpha value is -4.83. The maximum Gasteiger partial charge on any atom is 0.318 e. The van der Waals surface area contributed by atoms with E-state index in [2.05, 4.69) is 15.3 Å². The first kappa shape index (κ1) is 29.7. The van der Waals surface area contributed by atoms with E-state index in [0.717, 1.165) is 16.7 Å². The van der Waals surface area contributed by atoms with Crippen LogP contribution in [0.5, 0.6) is 6.01 Å². The first-order valence-corrected chi connectivity index (χ1v) is 14.1. The average Bonchev–Trinajstić information content (AvgIpc) is 3.45. The van der Waals surface area contributed by atoms with E-state index in [9.17, 15) is 14.0 Å². The molecule has 5 rings (SSSR count). The summed E-state index contributed by atoms with van der Waals surface area (Å²) in [4.78, 5) is 34.5. The van der Waals surface area contributed by atoms with Crippen LogP contribution in [0.25, 0.3) is 0 Å². The van der Waals surface area contributed by atoms with Crippen molar-refractivity contribution in [1.82, 2.24) is 15.3 Å². The molecule has 2 heterocycles. The standard InChI is InChI=1S/C32H30ClFN6O3/c1-19(2)27(29(35)41)37-31(42)25-16-36-32(43-18-20-8-12-23(33)13-9-20)38-30(25)40-17-26(21-6-4-3-5-7-21)28(39-40)22-10-14-24(34)15-11-22/h3-16,19,26-27H,17-18H2,1-2H3,(H2,35,41)(H,37,42)/t26?,27-/m0/s1. The van der Waals surface area contributed by atoms with E-state index >= 15 is 0 Å². The van der Waals surface area contributed by atoms with Gasteiger partial charge in [-0.05, 0) is 46.9 Å². The molecule has 3 aromatic carbocycles. The van der Waals surface area contributed by atoms with Crippen LogP contribution >= 0.6 is 11.6 Å². The van der Waals surface area contributed by atoms with Crippen LogP contribution in [0.1, 0.15) is 46.8 Å². The van der Waals surface area contributed by atoms with Crippen molar-refractivity contribution in [2.75, 3.05) is 11.6 Å². The Labute approximate surface area is 253 Å². The molecule has 2 atom stereocenters. The van der Waals surface area contributed by atoms with E-state index in [-0.39, 0.29) is 41.7 Å². The number of nitrogens with one attached hydrogen (secondary N) is 1. The van der Waals surface area contributed by atoms with Crippen molar-refractivity contribution in [3.05, 3.63) is 118 Å². The molecule has 0 saturated carbocycles. The number of halogens is 2. The van der Waals surface area contributed by atoms with Gasteiger partial charge in [0.2, 0.25) is 5.91 Å². The fourth-order valence-corrected chi connectivity index (χ4v) is 4.89. The Balaban J connectivity index is 1.54. The number of hydrogen-bond acceptors (Lipinski definition) is 7. The Morgan fingerprint density at radius 3 is 2.42 bits per heavy atom.